The largest absolute Gasteiger partial charge is 0.342 e. The van der Waals surface area contributed by atoms with Gasteiger partial charge in [0.2, 0.25) is 11.8 Å². The smallest absolute Gasteiger partial charge is 0.227 e. The Morgan fingerprint density at radius 2 is 2.27 bits per heavy atom. The number of pyridine rings is 1. The first-order valence-corrected chi connectivity index (χ1v) is 7.99. The summed E-state index contributed by atoms with van der Waals surface area (Å²) in [6, 6.07) is 3.85. The summed E-state index contributed by atoms with van der Waals surface area (Å²) in [5.41, 5.74) is 1.02. The molecule has 0 bridgehead atoms. The molecule has 1 saturated heterocycles. The summed E-state index contributed by atoms with van der Waals surface area (Å²) in [4.78, 5) is 32.3. The Bertz CT molecular complexity index is 518. The van der Waals surface area contributed by atoms with Crippen LogP contribution in [0.15, 0.2) is 24.5 Å². The Kier molecular flexibility index (Phi) is 5.52. The second-order valence-electron chi connectivity index (χ2n) is 5.94. The van der Waals surface area contributed by atoms with Gasteiger partial charge in [-0.15, -0.1) is 0 Å². The van der Waals surface area contributed by atoms with Crippen molar-refractivity contribution in [3.05, 3.63) is 30.1 Å². The third-order valence-electron chi connectivity index (χ3n) is 4.52. The lowest BCUT2D eigenvalue weighted by atomic mass is 9.95. The number of aromatic nitrogens is 1. The molecule has 0 spiro atoms. The molecule has 1 fully saturated rings. The molecule has 1 aliphatic heterocycles. The van der Waals surface area contributed by atoms with Crippen LogP contribution in [0.5, 0.6) is 0 Å². The van der Waals surface area contributed by atoms with Crippen molar-refractivity contribution in [2.24, 2.45) is 5.92 Å². The molecule has 2 rings (SSSR count). The zero-order valence-electron chi connectivity index (χ0n) is 13.7. The number of hydrogen-bond donors (Lipinski definition) is 0. The van der Waals surface area contributed by atoms with Crippen LogP contribution in [0.1, 0.15) is 44.7 Å². The maximum Gasteiger partial charge on any atom is 0.227 e. The maximum absolute atomic E-state index is 12.7. The second kappa shape index (κ2) is 7.38. The van der Waals surface area contributed by atoms with E-state index in [9.17, 15) is 9.59 Å². The molecule has 2 amide bonds. The van der Waals surface area contributed by atoms with Crippen LogP contribution in [-0.2, 0) is 9.59 Å². The van der Waals surface area contributed by atoms with Crippen LogP contribution in [0, 0.1) is 5.92 Å². The zero-order valence-corrected chi connectivity index (χ0v) is 13.7. The SMILES string of the molecule is CCC(=O)N1CCCC(C(=O)N(C)C(C)c2cccnc2)C1. The Balaban J connectivity index is 2.02. The highest BCUT2D eigenvalue weighted by Gasteiger charge is 2.31. The lowest BCUT2D eigenvalue weighted by Crippen LogP contribution is -2.46. The Hall–Kier alpha value is -1.91. The lowest BCUT2D eigenvalue weighted by Gasteiger charge is -2.35. The van der Waals surface area contributed by atoms with Crippen LogP contribution in [0.25, 0.3) is 0 Å². The lowest BCUT2D eigenvalue weighted by molar-refractivity contribution is -0.141. The Labute approximate surface area is 132 Å². The summed E-state index contributed by atoms with van der Waals surface area (Å²) >= 11 is 0. The van der Waals surface area contributed by atoms with E-state index < -0.39 is 0 Å². The van der Waals surface area contributed by atoms with E-state index in [0.717, 1.165) is 24.9 Å². The third-order valence-corrected chi connectivity index (χ3v) is 4.52. The van der Waals surface area contributed by atoms with Gasteiger partial charge >= 0.3 is 0 Å². The zero-order chi connectivity index (χ0) is 16.1. The summed E-state index contributed by atoms with van der Waals surface area (Å²) < 4.78 is 0. The van der Waals surface area contributed by atoms with Gasteiger partial charge in [0.05, 0.1) is 12.0 Å². The van der Waals surface area contributed by atoms with Crippen molar-refractivity contribution in [3.8, 4) is 0 Å². The molecular weight excluding hydrogens is 278 g/mol. The Morgan fingerprint density at radius 3 is 2.91 bits per heavy atom. The van der Waals surface area contributed by atoms with Crippen LogP contribution >= 0.6 is 0 Å². The number of likely N-dealkylation sites (tertiary alicyclic amines) is 1. The first kappa shape index (κ1) is 16.5. The van der Waals surface area contributed by atoms with E-state index in [1.807, 2.05) is 37.9 Å². The van der Waals surface area contributed by atoms with Crippen molar-refractivity contribution in [2.45, 2.75) is 39.2 Å². The van der Waals surface area contributed by atoms with E-state index in [1.165, 1.54) is 0 Å². The van der Waals surface area contributed by atoms with Gasteiger partial charge in [-0.2, -0.15) is 0 Å². The topological polar surface area (TPSA) is 53.5 Å². The average Bonchev–Trinajstić information content (AvgIpc) is 2.59. The molecule has 5 heteroatoms. The van der Waals surface area contributed by atoms with Crippen LogP contribution in [0.3, 0.4) is 0 Å². The van der Waals surface area contributed by atoms with Crippen LogP contribution in [0.2, 0.25) is 0 Å². The van der Waals surface area contributed by atoms with Crippen LogP contribution in [0.4, 0.5) is 0 Å². The average molecular weight is 303 g/mol. The molecule has 0 aliphatic carbocycles. The molecule has 22 heavy (non-hydrogen) atoms. The minimum atomic E-state index is -0.0895. The van der Waals surface area contributed by atoms with Gasteiger partial charge in [-0.25, -0.2) is 0 Å². The van der Waals surface area contributed by atoms with E-state index in [4.69, 9.17) is 0 Å². The van der Waals surface area contributed by atoms with E-state index in [2.05, 4.69) is 4.98 Å². The van der Waals surface area contributed by atoms with Crippen LogP contribution < -0.4 is 0 Å². The highest BCUT2D eigenvalue weighted by molar-refractivity contribution is 5.81. The number of hydrogen-bond acceptors (Lipinski definition) is 3. The molecule has 0 radical (unpaired) electrons. The van der Waals surface area contributed by atoms with Gasteiger partial charge in [-0.3, -0.25) is 14.6 Å². The van der Waals surface area contributed by atoms with Crippen molar-refractivity contribution >= 4 is 11.8 Å². The molecule has 0 N–H and O–H groups in total. The minimum Gasteiger partial charge on any atom is -0.342 e. The molecule has 0 aromatic carbocycles. The molecule has 120 valence electrons. The predicted octanol–water partition coefficient (Wildman–Crippen LogP) is 2.25. The van der Waals surface area contributed by atoms with Gasteiger partial charge in [0.25, 0.3) is 0 Å². The quantitative estimate of drug-likeness (QED) is 0.857. The van der Waals surface area contributed by atoms with E-state index in [-0.39, 0.29) is 23.8 Å². The van der Waals surface area contributed by atoms with Crippen molar-refractivity contribution in [1.29, 1.82) is 0 Å². The highest BCUT2D eigenvalue weighted by atomic mass is 16.2. The molecular formula is C17H25N3O2. The first-order chi connectivity index (χ1) is 10.5. The highest BCUT2D eigenvalue weighted by Crippen LogP contribution is 2.24. The summed E-state index contributed by atoms with van der Waals surface area (Å²) in [6.45, 7) is 5.20. The van der Waals surface area contributed by atoms with E-state index in [1.54, 1.807) is 17.3 Å². The molecule has 1 aromatic heterocycles. The fraction of sp³-hybridized carbons (Fsp3) is 0.588. The predicted molar refractivity (Wildman–Crippen MR) is 85.0 cm³/mol. The maximum atomic E-state index is 12.7. The third kappa shape index (κ3) is 3.64. The van der Waals surface area contributed by atoms with Crippen molar-refractivity contribution in [3.63, 3.8) is 0 Å². The number of carbonyl (C=O) groups excluding carboxylic acids is 2. The standard InChI is InChI=1S/C17H25N3O2/c1-4-16(21)20-10-6-8-15(12-20)17(22)19(3)13(2)14-7-5-9-18-11-14/h5,7,9,11,13,15H,4,6,8,10,12H2,1-3H3. The molecule has 5 nitrogen and oxygen atoms in total. The molecule has 2 heterocycles. The first-order valence-electron chi connectivity index (χ1n) is 7.99. The van der Waals surface area contributed by atoms with E-state index in [0.29, 0.717) is 13.0 Å². The number of carbonyl (C=O) groups is 2. The van der Waals surface area contributed by atoms with Crippen molar-refractivity contribution in [2.75, 3.05) is 20.1 Å². The fourth-order valence-electron chi connectivity index (χ4n) is 2.95. The fourth-order valence-corrected chi connectivity index (χ4v) is 2.95. The summed E-state index contributed by atoms with van der Waals surface area (Å²) in [5, 5.41) is 0. The molecule has 2 unspecified atom stereocenters. The van der Waals surface area contributed by atoms with Crippen LogP contribution in [-0.4, -0.2) is 46.7 Å². The van der Waals surface area contributed by atoms with Gasteiger partial charge < -0.3 is 9.80 Å². The number of piperidine rings is 1. The summed E-state index contributed by atoms with van der Waals surface area (Å²) in [6.07, 6.45) is 5.78. The van der Waals surface area contributed by atoms with Gasteiger partial charge in [-0.1, -0.05) is 13.0 Å². The van der Waals surface area contributed by atoms with Gasteiger partial charge in [-0.05, 0) is 31.4 Å². The number of amides is 2. The molecule has 1 aliphatic rings. The normalized spacial score (nSPS) is 19.6. The van der Waals surface area contributed by atoms with Crippen molar-refractivity contribution in [1.82, 2.24) is 14.8 Å². The van der Waals surface area contributed by atoms with Crippen molar-refractivity contribution < 1.29 is 9.59 Å². The minimum absolute atomic E-state index is 0.0153. The Morgan fingerprint density at radius 1 is 1.50 bits per heavy atom. The summed E-state index contributed by atoms with van der Waals surface area (Å²) in [7, 11) is 1.83. The molecule has 0 saturated carbocycles. The monoisotopic (exact) mass is 303 g/mol. The van der Waals surface area contributed by atoms with Gasteiger partial charge in [0.1, 0.15) is 0 Å². The molecule has 2 atom stereocenters. The number of nitrogens with zero attached hydrogens (tertiary/aromatic N) is 3. The molecule has 1 aromatic rings. The van der Waals surface area contributed by atoms with Gasteiger partial charge in [0.15, 0.2) is 0 Å². The van der Waals surface area contributed by atoms with Gasteiger partial charge in [0, 0.05) is 39.0 Å². The second-order valence-corrected chi connectivity index (χ2v) is 5.94. The van der Waals surface area contributed by atoms with E-state index >= 15 is 0 Å². The number of rotatable bonds is 4. The summed E-state index contributed by atoms with van der Waals surface area (Å²) in [5.74, 6) is 0.166.